The van der Waals surface area contributed by atoms with Crippen molar-refractivity contribution in [2.75, 3.05) is 18.6 Å². The molecule has 3 aromatic rings. The summed E-state index contributed by atoms with van der Waals surface area (Å²) in [7, 11) is 1.51. The Kier molecular flexibility index (Phi) is 7.99. The van der Waals surface area contributed by atoms with E-state index in [1.165, 1.54) is 42.5 Å². The van der Waals surface area contributed by atoms with E-state index in [1.807, 2.05) is 0 Å². The fourth-order valence-electron chi connectivity index (χ4n) is 4.36. The monoisotopic (exact) mass is 493 g/mol. The van der Waals surface area contributed by atoms with Crippen molar-refractivity contribution >= 4 is 23.4 Å². The van der Waals surface area contributed by atoms with E-state index in [4.69, 9.17) is 9.15 Å². The number of anilines is 1. The molecule has 0 saturated heterocycles. The van der Waals surface area contributed by atoms with Gasteiger partial charge in [-0.3, -0.25) is 19.3 Å². The van der Waals surface area contributed by atoms with E-state index in [0.29, 0.717) is 11.4 Å². The van der Waals surface area contributed by atoms with Crippen molar-refractivity contribution in [1.29, 1.82) is 0 Å². The normalized spacial score (nSPS) is 14.2. The van der Waals surface area contributed by atoms with Crippen LogP contribution in [0.4, 0.5) is 10.1 Å². The number of hydrogen-bond acceptors (Lipinski definition) is 5. The van der Waals surface area contributed by atoms with Gasteiger partial charge in [0, 0.05) is 17.3 Å². The van der Waals surface area contributed by atoms with Crippen LogP contribution in [0.2, 0.25) is 0 Å². The first-order chi connectivity index (χ1) is 17.5. The van der Waals surface area contributed by atoms with Gasteiger partial charge < -0.3 is 19.8 Å². The molecule has 0 bridgehead atoms. The lowest BCUT2D eigenvalue weighted by atomic mass is 10.0. The molecule has 1 aliphatic rings. The molecule has 0 radical (unpaired) electrons. The van der Waals surface area contributed by atoms with Crippen molar-refractivity contribution in [3.63, 3.8) is 0 Å². The minimum absolute atomic E-state index is 0.0433. The van der Waals surface area contributed by atoms with E-state index < -0.39 is 36.1 Å². The first-order valence-electron chi connectivity index (χ1n) is 11.8. The van der Waals surface area contributed by atoms with Gasteiger partial charge in [0.1, 0.15) is 17.6 Å². The molecule has 3 amide bonds. The van der Waals surface area contributed by atoms with Crippen LogP contribution in [0.25, 0.3) is 0 Å². The van der Waals surface area contributed by atoms with Gasteiger partial charge in [0.15, 0.2) is 5.76 Å². The predicted molar refractivity (Wildman–Crippen MR) is 131 cm³/mol. The second kappa shape index (κ2) is 11.5. The van der Waals surface area contributed by atoms with Crippen LogP contribution in [0, 0.1) is 5.82 Å². The molecule has 1 heterocycles. The molecule has 1 aliphatic carbocycles. The van der Waals surface area contributed by atoms with E-state index >= 15 is 4.39 Å². The summed E-state index contributed by atoms with van der Waals surface area (Å²) in [5.74, 6) is -1.70. The van der Waals surface area contributed by atoms with Crippen LogP contribution in [0.15, 0.2) is 71.3 Å². The Morgan fingerprint density at radius 3 is 2.42 bits per heavy atom. The van der Waals surface area contributed by atoms with Gasteiger partial charge in [-0.2, -0.15) is 0 Å². The highest BCUT2D eigenvalue weighted by molar-refractivity contribution is 6.04. The Balaban J connectivity index is 1.70. The molecule has 2 aromatic carbocycles. The molecule has 4 rings (SSSR count). The highest BCUT2D eigenvalue weighted by Gasteiger charge is 2.36. The maximum absolute atomic E-state index is 15.1. The third kappa shape index (κ3) is 5.73. The summed E-state index contributed by atoms with van der Waals surface area (Å²) in [6.45, 7) is -0.437. The van der Waals surface area contributed by atoms with Gasteiger partial charge in [-0.25, -0.2) is 4.39 Å². The van der Waals surface area contributed by atoms with Gasteiger partial charge in [0.05, 0.1) is 19.9 Å². The number of halogens is 1. The lowest BCUT2D eigenvalue weighted by Crippen LogP contribution is -2.49. The number of rotatable bonds is 9. The Hall–Kier alpha value is -4.14. The van der Waals surface area contributed by atoms with Crippen LogP contribution in [0.5, 0.6) is 5.75 Å². The maximum atomic E-state index is 15.1. The average Bonchev–Trinajstić information content (AvgIpc) is 3.61. The Morgan fingerprint density at radius 2 is 1.78 bits per heavy atom. The number of nitrogens with zero attached hydrogens (tertiary/aromatic N) is 1. The fourth-order valence-corrected chi connectivity index (χ4v) is 4.36. The molecule has 0 aliphatic heterocycles. The summed E-state index contributed by atoms with van der Waals surface area (Å²) in [6.07, 6.45) is 4.99. The smallest absolute Gasteiger partial charge is 0.287 e. The minimum atomic E-state index is -1.30. The summed E-state index contributed by atoms with van der Waals surface area (Å²) >= 11 is 0. The van der Waals surface area contributed by atoms with E-state index in [-0.39, 0.29) is 17.4 Å². The van der Waals surface area contributed by atoms with Crippen molar-refractivity contribution < 1.29 is 27.9 Å². The van der Waals surface area contributed by atoms with Gasteiger partial charge in [-0.1, -0.05) is 31.0 Å². The molecule has 9 heteroatoms. The van der Waals surface area contributed by atoms with E-state index in [1.54, 1.807) is 36.4 Å². The predicted octanol–water partition coefficient (Wildman–Crippen LogP) is 3.99. The van der Waals surface area contributed by atoms with Gasteiger partial charge in [-0.05, 0) is 55.3 Å². The molecular formula is C27H28FN3O5. The topological polar surface area (TPSA) is 101 Å². The number of hydrogen-bond donors (Lipinski definition) is 2. The first kappa shape index (κ1) is 25.0. The molecular weight excluding hydrogens is 465 g/mol. The zero-order valence-corrected chi connectivity index (χ0v) is 19.9. The summed E-state index contributed by atoms with van der Waals surface area (Å²) in [5.41, 5.74) is 0.400. The summed E-state index contributed by atoms with van der Waals surface area (Å²) in [4.78, 5) is 40.8. The number of benzene rings is 2. The van der Waals surface area contributed by atoms with Gasteiger partial charge in [-0.15, -0.1) is 0 Å². The largest absolute Gasteiger partial charge is 0.497 e. The lowest BCUT2D eigenvalue weighted by molar-refractivity contribution is -0.126. The quantitative estimate of drug-likeness (QED) is 0.470. The summed E-state index contributed by atoms with van der Waals surface area (Å²) < 4.78 is 25.4. The highest BCUT2D eigenvalue weighted by Crippen LogP contribution is 2.31. The van der Waals surface area contributed by atoms with Crippen LogP contribution >= 0.6 is 0 Å². The van der Waals surface area contributed by atoms with E-state index in [9.17, 15) is 14.4 Å². The fraction of sp³-hybridized carbons (Fsp3) is 0.296. The second-order valence-electron chi connectivity index (χ2n) is 8.54. The Bertz CT molecular complexity index is 1190. The lowest BCUT2D eigenvalue weighted by Gasteiger charge is -2.32. The summed E-state index contributed by atoms with van der Waals surface area (Å²) in [6, 6.07) is 14.1. The SMILES string of the molecule is COc1ccc(N(C(=O)CNC(=O)c2ccco2)[C@@H](C(=O)NC2CCCC2)c2ccccc2F)cc1. The molecule has 0 unspecified atom stereocenters. The summed E-state index contributed by atoms with van der Waals surface area (Å²) in [5, 5.41) is 5.51. The second-order valence-corrected chi connectivity index (χ2v) is 8.54. The number of methoxy groups -OCH3 is 1. The molecule has 1 atom stereocenters. The molecule has 1 fully saturated rings. The van der Waals surface area contributed by atoms with Crippen LogP contribution < -0.4 is 20.3 Å². The molecule has 0 spiro atoms. The van der Waals surface area contributed by atoms with Gasteiger partial charge in [0.2, 0.25) is 11.8 Å². The average molecular weight is 494 g/mol. The molecule has 36 heavy (non-hydrogen) atoms. The standard InChI is InChI=1S/C27H28FN3O5/c1-35-20-14-12-19(13-15-20)31(24(32)17-29-26(33)23-11-6-16-36-23)25(21-9-4-5-10-22(21)28)27(34)30-18-7-2-3-8-18/h4-6,9-16,18,25H,2-3,7-8,17H2,1H3,(H,29,33)(H,30,34)/t25-/m1/s1. The van der Waals surface area contributed by atoms with Gasteiger partial charge >= 0.3 is 0 Å². The van der Waals surface area contributed by atoms with Crippen molar-refractivity contribution in [1.82, 2.24) is 10.6 Å². The van der Waals surface area contributed by atoms with E-state index in [0.717, 1.165) is 25.7 Å². The highest BCUT2D eigenvalue weighted by atomic mass is 19.1. The Morgan fingerprint density at radius 1 is 1.06 bits per heavy atom. The van der Waals surface area contributed by atoms with Crippen LogP contribution in [-0.2, 0) is 9.59 Å². The number of nitrogens with one attached hydrogen (secondary N) is 2. The van der Waals surface area contributed by atoms with Crippen LogP contribution in [-0.4, -0.2) is 37.4 Å². The number of ether oxygens (including phenoxy) is 1. The van der Waals surface area contributed by atoms with Gasteiger partial charge in [0.25, 0.3) is 5.91 Å². The Labute approximate surface area is 208 Å². The van der Waals surface area contributed by atoms with Crippen molar-refractivity contribution in [2.45, 2.75) is 37.8 Å². The number of carbonyl (C=O) groups is 3. The number of carbonyl (C=O) groups excluding carboxylic acids is 3. The molecule has 2 N–H and O–H groups in total. The van der Waals surface area contributed by atoms with E-state index in [2.05, 4.69) is 10.6 Å². The molecule has 1 aromatic heterocycles. The van der Waals surface area contributed by atoms with Crippen molar-refractivity contribution in [3.05, 3.63) is 84.1 Å². The van der Waals surface area contributed by atoms with Crippen LogP contribution in [0.1, 0.15) is 47.8 Å². The number of furan rings is 1. The van der Waals surface area contributed by atoms with Crippen molar-refractivity contribution in [2.24, 2.45) is 0 Å². The molecule has 8 nitrogen and oxygen atoms in total. The first-order valence-corrected chi connectivity index (χ1v) is 11.8. The maximum Gasteiger partial charge on any atom is 0.287 e. The van der Waals surface area contributed by atoms with Crippen LogP contribution in [0.3, 0.4) is 0 Å². The van der Waals surface area contributed by atoms with Crippen molar-refractivity contribution in [3.8, 4) is 5.75 Å². The third-order valence-corrected chi connectivity index (χ3v) is 6.17. The third-order valence-electron chi connectivity index (χ3n) is 6.17. The minimum Gasteiger partial charge on any atom is -0.497 e. The zero-order valence-electron chi connectivity index (χ0n) is 19.9. The number of amides is 3. The molecule has 188 valence electrons. The zero-order chi connectivity index (χ0) is 25.5. The molecule has 1 saturated carbocycles.